The van der Waals surface area contributed by atoms with Crippen LogP contribution in [0.25, 0.3) is 11.0 Å². The Bertz CT molecular complexity index is 1310. The number of nitrogens with one attached hydrogen (secondary N) is 1. The van der Waals surface area contributed by atoms with Crippen molar-refractivity contribution in [1.82, 2.24) is 14.5 Å². The molecule has 0 amide bonds. The molecule has 2 aromatic heterocycles. The first-order valence-corrected chi connectivity index (χ1v) is 13.7. The summed E-state index contributed by atoms with van der Waals surface area (Å²) in [4.78, 5) is 54.2. The van der Waals surface area contributed by atoms with Crippen molar-refractivity contribution in [2.75, 3.05) is 12.4 Å². The van der Waals surface area contributed by atoms with Gasteiger partial charge in [0.05, 0.1) is 11.5 Å². The van der Waals surface area contributed by atoms with Gasteiger partial charge in [0.25, 0.3) is 5.56 Å². The number of nitrogens with zero attached hydrogens (tertiary/aromatic N) is 2. The summed E-state index contributed by atoms with van der Waals surface area (Å²) in [6, 6.07) is 1.23. The molecule has 0 bridgehead atoms. The molecule has 18 nitrogen and oxygen atoms in total. The predicted molar refractivity (Wildman–Crippen MR) is 110 cm³/mol. The minimum atomic E-state index is -5.83. The number of hydrogen-bond donors (Lipinski definition) is 8. The standard InChI is InChI=1S/C13H20FN4O14P3/c1-5(30-34(25,26)32-35(27,28)31-33(22,23)24)7-8(19)13(21,4-14)11(29-7)18-3-2-6-9(18)16-12(15)17-10(6)20/h2-3,5,7-8,11,19,21H,4H2,1H3,(H,25,26)(H,27,28)(H2,22,23,24)(H3,15,16,17,20)/t5-,7-,8+,11?,13?/m1/s1. The van der Waals surface area contributed by atoms with Crippen molar-refractivity contribution < 1.29 is 65.8 Å². The molecule has 3 rings (SSSR count). The fraction of sp³-hybridized carbons (Fsp3) is 0.538. The van der Waals surface area contributed by atoms with Crippen LogP contribution in [-0.2, 0) is 31.6 Å². The number of aromatic amines is 1. The molecule has 1 aliphatic heterocycles. The van der Waals surface area contributed by atoms with E-state index in [0.29, 0.717) is 0 Å². The van der Waals surface area contributed by atoms with Gasteiger partial charge in [-0.2, -0.15) is 13.6 Å². The maximum Gasteiger partial charge on any atom is 0.490 e. The second-order valence-electron chi connectivity index (χ2n) is 7.34. The largest absolute Gasteiger partial charge is 0.490 e. The first-order valence-electron chi connectivity index (χ1n) is 9.19. The molecule has 9 N–H and O–H groups in total. The van der Waals surface area contributed by atoms with E-state index in [1.807, 2.05) is 0 Å². The van der Waals surface area contributed by atoms with Crippen LogP contribution in [-0.4, -0.2) is 74.9 Å². The van der Waals surface area contributed by atoms with E-state index in [-0.39, 0.29) is 17.0 Å². The van der Waals surface area contributed by atoms with Crippen molar-refractivity contribution in [2.45, 2.75) is 37.1 Å². The number of alkyl halides is 1. The van der Waals surface area contributed by atoms with E-state index in [1.54, 1.807) is 0 Å². The van der Waals surface area contributed by atoms with E-state index < -0.39 is 65.8 Å². The molecule has 35 heavy (non-hydrogen) atoms. The summed E-state index contributed by atoms with van der Waals surface area (Å²) >= 11 is 0. The lowest BCUT2D eigenvalue weighted by Crippen LogP contribution is -2.50. The van der Waals surface area contributed by atoms with E-state index in [4.69, 9.17) is 20.3 Å². The number of rotatable bonds is 9. The van der Waals surface area contributed by atoms with Crippen molar-refractivity contribution in [3.63, 3.8) is 0 Å². The molecule has 0 radical (unpaired) electrons. The summed E-state index contributed by atoms with van der Waals surface area (Å²) in [6.07, 6.45) is -6.37. The Labute approximate surface area is 193 Å². The molecule has 1 saturated heterocycles. The predicted octanol–water partition coefficient (Wildman–Crippen LogP) is -1.00. The molecule has 4 unspecified atom stereocenters. The number of hydrogen-bond acceptors (Lipinski definition) is 12. The molecule has 3 heterocycles. The number of aromatic nitrogens is 3. The van der Waals surface area contributed by atoms with E-state index in [9.17, 15) is 42.9 Å². The molecule has 22 heteroatoms. The second-order valence-corrected chi connectivity index (χ2v) is 11.7. The number of anilines is 1. The van der Waals surface area contributed by atoms with Crippen LogP contribution in [0.2, 0.25) is 0 Å². The van der Waals surface area contributed by atoms with Crippen molar-refractivity contribution in [3.05, 3.63) is 22.6 Å². The average molecular weight is 568 g/mol. The molecule has 2 aromatic rings. The summed E-state index contributed by atoms with van der Waals surface area (Å²) in [5.41, 5.74) is 1.95. The number of halogens is 1. The van der Waals surface area contributed by atoms with Gasteiger partial charge in [0.2, 0.25) is 5.95 Å². The molecule has 0 aliphatic carbocycles. The van der Waals surface area contributed by atoms with Gasteiger partial charge in [-0.3, -0.25) is 14.3 Å². The molecule has 1 aliphatic rings. The molecular formula is C13H20FN4O14P3. The van der Waals surface area contributed by atoms with E-state index >= 15 is 0 Å². The number of aliphatic hydroxyl groups is 2. The van der Waals surface area contributed by atoms with Gasteiger partial charge in [-0.15, -0.1) is 0 Å². The fourth-order valence-corrected chi connectivity index (χ4v) is 6.61. The van der Waals surface area contributed by atoms with E-state index in [0.717, 1.165) is 11.5 Å². The Morgan fingerprint density at radius 2 is 1.91 bits per heavy atom. The monoisotopic (exact) mass is 568 g/mol. The highest BCUT2D eigenvalue weighted by atomic mass is 31.3. The SMILES string of the molecule is C[C@@H](OP(=O)(O)OP(=O)(O)OP(=O)(O)O)[C@H]1OC(n2ccc3c(=O)[nH]c(N)nc32)C(O)(CF)[C@H]1O. The highest BCUT2D eigenvalue weighted by Crippen LogP contribution is 2.66. The number of ether oxygens (including phenoxy) is 1. The van der Waals surface area contributed by atoms with Gasteiger partial charge in [0, 0.05) is 6.20 Å². The maximum absolute atomic E-state index is 13.9. The molecule has 0 aromatic carbocycles. The van der Waals surface area contributed by atoms with Gasteiger partial charge in [-0.1, -0.05) is 0 Å². The Balaban J connectivity index is 1.88. The minimum Gasteiger partial charge on any atom is -0.387 e. The highest BCUT2D eigenvalue weighted by molar-refractivity contribution is 7.66. The van der Waals surface area contributed by atoms with Crippen molar-refractivity contribution in [1.29, 1.82) is 0 Å². The van der Waals surface area contributed by atoms with E-state index in [1.165, 1.54) is 12.3 Å². The average Bonchev–Trinajstić information content (AvgIpc) is 3.18. The van der Waals surface area contributed by atoms with Crippen LogP contribution >= 0.6 is 23.5 Å². The zero-order chi connectivity index (χ0) is 26.6. The van der Waals surface area contributed by atoms with Gasteiger partial charge in [-0.25, -0.2) is 18.1 Å². The van der Waals surface area contributed by atoms with Crippen LogP contribution in [0.5, 0.6) is 0 Å². The second kappa shape index (κ2) is 9.39. The Morgan fingerprint density at radius 3 is 2.49 bits per heavy atom. The molecule has 198 valence electrons. The van der Waals surface area contributed by atoms with Crippen LogP contribution < -0.4 is 11.3 Å². The molecule has 1 fully saturated rings. The van der Waals surface area contributed by atoms with Gasteiger partial charge in [0.1, 0.15) is 18.9 Å². The van der Waals surface area contributed by atoms with Crippen molar-refractivity contribution in [3.8, 4) is 0 Å². The van der Waals surface area contributed by atoms with Gasteiger partial charge < -0.3 is 44.8 Å². The van der Waals surface area contributed by atoms with Crippen LogP contribution in [0.15, 0.2) is 17.1 Å². The van der Waals surface area contributed by atoms with E-state index in [2.05, 4.69) is 23.1 Å². The lowest BCUT2D eigenvalue weighted by molar-refractivity contribution is -0.119. The lowest BCUT2D eigenvalue weighted by atomic mass is 9.93. The number of phosphoric acid groups is 3. The van der Waals surface area contributed by atoms with Gasteiger partial charge in [-0.05, 0) is 13.0 Å². The maximum atomic E-state index is 13.9. The zero-order valence-corrected chi connectivity index (χ0v) is 20.0. The lowest BCUT2D eigenvalue weighted by Gasteiger charge is -2.29. The normalized spacial score (nSPS) is 29.7. The fourth-order valence-electron chi connectivity index (χ4n) is 3.41. The Hall–Kier alpha value is -1.56. The van der Waals surface area contributed by atoms with Crippen LogP contribution in [0.4, 0.5) is 10.3 Å². The number of aliphatic hydroxyl groups excluding tert-OH is 1. The quantitative estimate of drug-likeness (QED) is 0.168. The number of phosphoric ester groups is 1. The summed E-state index contributed by atoms with van der Waals surface area (Å²) in [5, 5.41) is 21.3. The van der Waals surface area contributed by atoms with Gasteiger partial charge >= 0.3 is 23.5 Å². The molecule has 7 atom stereocenters. The summed E-state index contributed by atoms with van der Waals surface area (Å²) in [7, 11) is -17.1. The number of nitrogen functional groups attached to an aromatic ring is 1. The minimum absolute atomic E-state index is 0.0386. The zero-order valence-electron chi connectivity index (χ0n) is 17.3. The molecule has 0 saturated carbocycles. The Kier molecular flexibility index (Phi) is 7.52. The van der Waals surface area contributed by atoms with Crippen LogP contribution in [0.3, 0.4) is 0 Å². The third-order valence-electron chi connectivity index (χ3n) is 4.78. The first-order chi connectivity index (χ1) is 15.9. The summed E-state index contributed by atoms with van der Waals surface area (Å²) < 4.78 is 66.4. The summed E-state index contributed by atoms with van der Waals surface area (Å²) in [5.74, 6) is -0.331. The van der Waals surface area contributed by atoms with Crippen LogP contribution in [0, 0.1) is 0 Å². The van der Waals surface area contributed by atoms with Crippen LogP contribution in [0.1, 0.15) is 13.2 Å². The molecule has 0 spiro atoms. The smallest absolute Gasteiger partial charge is 0.387 e. The van der Waals surface area contributed by atoms with Crippen molar-refractivity contribution in [2.24, 2.45) is 0 Å². The van der Waals surface area contributed by atoms with Gasteiger partial charge in [0.15, 0.2) is 17.5 Å². The third-order valence-corrected chi connectivity index (χ3v) is 8.71. The number of fused-ring (bicyclic) bond motifs is 1. The molecular weight excluding hydrogens is 548 g/mol. The number of nitrogens with two attached hydrogens (primary N) is 1. The first kappa shape index (κ1) is 28.0. The summed E-state index contributed by atoms with van der Waals surface area (Å²) in [6.45, 7) is -0.669. The number of H-pyrrole nitrogens is 1. The Morgan fingerprint density at radius 1 is 1.29 bits per heavy atom. The van der Waals surface area contributed by atoms with Crippen molar-refractivity contribution >= 4 is 40.4 Å². The topological polar surface area (TPSA) is 286 Å². The third kappa shape index (κ3) is 5.89. The highest BCUT2D eigenvalue weighted by Gasteiger charge is 2.59.